The molecule has 2 aliphatic rings. The molecule has 6 nitrogen and oxygen atoms in total. The molecule has 1 saturated heterocycles. The van der Waals surface area contributed by atoms with Crippen molar-refractivity contribution in [2.24, 2.45) is 4.99 Å². The van der Waals surface area contributed by atoms with Crippen molar-refractivity contribution in [1.29, 1.82) is 0 Å². The minimum absolute atomic E-state index is 0.0610. The van der Waals surface area contributed by atoms with Crippen molar-refractivity contribution in [3.05, 3.63) is 34.7 Å². The SMILES string of the molecule is CC(=O)N1CCN(C2=NC(=O)C(=Cc3ccccc3OC(C)C)S2)CC1. The lowest BCUT2D eigenvalue weighted by molar-refractivity contribution is -0.130. The molecular formula is C19H23N3O3S. The maximum atomic E-state index is 12.3. The van der Waals surface area contributed by atoms with Crippen LogP contribution >= 0.6 is 11.8 Å². The number of hydrogen-bond acceptors (Lipinski definition) is 5. The van der Waals surface area contributed by atoms with Crippen molar-refractivity contribution >= 4 is 34.8 Å². The van der Waals surface area contributed by atoms with Gasteiger partial charge in [-0.05, 0) is 37.8 Å². The predicted molar refractivity (Wildman–Crippen MR) is 104 cm³/mol. The fourth-order valence-electron chi connectivity index (χ4n) is 2.85. The number of nitrogens with zero attached hydrogens (tertiary/aromatic N) is 3. The number of amides is 2. The fourth-order valence-corrected chi connectivity index (χ4v) is 3.80. The molecule has 3 rings (SSSR count). The molecule has 0 radical (unpaired) electrons. The highest BCUT2D eigenvalue weighted by atomic mass is 32.2. The number of rotatable bonds is 3. The molecule has 2 aliphatic heterocycles. The molecule has 0 spiro atoms. The summed E-state index contributed by atoms with van der Waals surface area (Å²) in [6.07, 6.45) is 1.90. The van der Waals surface area contributed by atoms with Crippen LogP contribution in [-0.4, -0.2) is 59.1 Å². The first-order valence-corrected chi connectivity index (χ1v) is 9.54. The third-order valence-electron chi connectivity index (χ3n) is 4.17. The summed E-state index contributed by atoms with van der Waals surface area (Å²) in [6, 6.07) is 7.67. The first-order chi connectivity index (χ1) is 12.4. The van der Waals surface area contributed by atoms with Crippen LogP contribution in [0.3, 0.4) is 0 Å². The molecule has 0 N–H and O–H groups in total. The van der Waals surface area contributed by atoms with E-state index in [0.717, 1.165) is 11.3 Å². The van der Waals surface area contributed by atoms with Crippen LogP contribution in [0.5, 0.6) is 5.75 Å². The normalized spacial score (nSPS) is 19.3. The van der Waals surface area contributed by atoms with Gasteiger partial charge in [-0.3, -0.25) is 9.59 Å². The van der Waals surface area contributed by atoms with E-state index in [1.807, 2.05) is 49.1 Å². The third-order valence-corrected chi connectivity index (χ3v) is 5.22. The van der Waals surface area contributed by atoms with Gasteiger partial charge in [0.25, 0.3) is 5.91 Å². The van der Waals surface area contributed by atoms with Crippen LogP contribution in [0.15, 0.2) is 34.2 Å². The summed E-state index contributed by atoms with van der Waals surface area (Å²) in [4.78, 5) is 32.4. The summed E-state index contributed by atoms with van der Waals surface area (Å²) >= 11 is 1.39. The second kappa shape index (κ2) is 7.95. The molecule has 1 aromatic rings. The second-order valence-electron chi connectivity index (χ2n) is 6.51. The van der Waals surface area contributed by atoms with Gasteiger partial charge in [0, 0.05) is 38.7 Å². The predicted octanol–water partition coefficient (Wildman–Crippen LogP) is 2.61. The molecule has 0 aromatic heterocycles. The number of carbonyl (C=O) groups excluding carboxylic acids is 2. The van der Waals surface area contributed by atoms with E-state index in [1.165, 1.54) is 11.8 Å². The molecule has 0 aliphatic carbocycles. The Bertz CT molecular complexity index is 765. The minimum Gasteiger partial charge on any atom is -0.490 e. The molecule has 1 fully saturated rings. The number of benzene rings is 1. The van der Waals surface area contributed by atoms with Gasteiger partial charge >= 0.3 is 0 Å². The van der Waals surface area contributed by atoms with Crippen molar-refractivity contribution in [2.45, 2.75) is 26.9 Å². The van der Waals surface area contributed by atoms with Gasteiger partial charge in [-0.25, -0.2) is 0 Å². The van der Waals surface area contributed by atoms with E-state index in [2.05, 4.69) is 9.89 Å². The molecule has 0 unspecified atom stereocenters. The minimum atomic E-state index is -0.224. The second-order valence-corrected chi connectivity index (χ2v) is 7.52. The first-order valence-electron chi connectivity index (χ1n) is 8.73. The Morgan fingerprint density at radius 3 is 2.58 bits per heavy atom. The molecule has 0 bridgehead atoms. The molecule has 7 heteroatoms. The van der Waals surface area contributed by atoms with Gasteiger partial charge in [-0.2, -0.15) is 4.99 Å². The maximum Gasteiger partial charge on any atom is 0.286 e. The lowest BCUT2D eigenvalue weighted by Gasteiger charge is -2.34. The summed E-state index contributed by atoms with van der Waals surface area (Å²) < 4.78 is 5.82. The van der Waals surface area contributed by atoms with Crippen LogP contribution in [0.1, 0.15) is 26.3 Å². The molecular weight excluding hydrogens is 350 g/mol. The van der Waals surface area contributed by atoms with Crippen LogP contribution in [0, 0.1) is 0 Å². The molecule has 0 atom stereocenters. The van der Waals surface area contributed by atoms with Gasteiger partial charge in [-0.15, -0.1) is 0 Å². The van der Waals surface area contributed by atoms with E-state index in [4.69, 9.17) is 4.74 Å². The quantitative estimate of drug-likeness (QED) is 0.762. The number of amidine groups is 1. The Kier molecular flexibility index (Phi) is 5.66. The van der Waals surface area contributed by atoms with Crippen LogP contribution in [-0.2, 0) is 9.59 Å². The Morgan fingerprint density at radius 1 is 1.23 bits per heavy atom. The third kappa shape index (κ3) is 4.27. The molecule has 1 aromatic carbocycles. The average molecular weight is 373 g/mol. The zero-order valence-electron chi connectivity index (χ0n) is 15.3. The van der Waals surface area contributed by atoms with Crippen molar-refractivity contribution in [3.63, 3.8) is 0 Å². The van der Waals surface area contributed by atoms with Gasteiger partial charge < -0.3 is 14.5 Å². The van der Waals surface area contributed by atoms with Gasteiger partial charge in [-0.1, -0.05) is 18.2 Å². The van der Waals surface area contributed by atoms with Crippen LogP contribution in [0.25, 0.3) is 6.08 Å². The molecule has 2 amide bonds. The number of ether oxygens (including phenoxy) is 1. The number of aliphatic imine (C=N–C) groups is 1. The highest BCUT2D eigenvalue weighted by molar-refractivity contribution is 8.18. The summed E-state index contributed by atoms with van der Waals surface area (Å²) in [5.41, 5.74) is 0.870. The fraction of sp³-hybridized carbons (Fsp3) is 0.421. The van der Waals surface area contributed by atoms with E-state index in [-0.39, 0.29) is 17.9 Å². The number of hydrogen-bond donors (Lipinski definition) is 0. The first kappa shape index (κ1) is 18.5. The Balaban J connectivity index is 1.71. The zero-order valence-corrected chi connectivity index (χ0v) is 16.1. The van der Waals surface area contributed by atoms with E-state index in [1.54, 1.807) is 6.92 Å². The summed E-state index contributed by atoms with van der Waals surface area (Å²) in [5, 5.41) is 0.715. The molecule has 0 saturated carbocycles. The summed E-state index contributed by atoms with van der Waals surface area (Å²) in [5.74, 6) is 0.620. The van der Waals surface area contributed by atoms with Crippen molar-refractivity contribution in [2.75, 3.05) is 26.2 Å². The number of piperazine rings is 1. The molecule has 26 heavy (non-hydrogen) atoms. The van der Waals surface area contributed by atoms with Crippen molar-refractivity contribution in [3.8, 4) is 5.75 Å². The van der Waals surface area contributed by atoms with E-state index in [9.17, 15) is 9.59 Å². The average Bonchev–Trinajstić information content (AvgIpc) is 2.97. The van der Waals surface area contributed by atoms with Crippen LogP contribution < -0.4 is 4.74 Å². The van der Waals surface area contributed by atoms with E-state index in [0.29, 0.717) is 36.3 Å². The standard InChI is InChI=1S/C19H23N3O3S/c1-13(2)25-16-7-5-4-6-15(16)12-17-18(24)20-19(26-17)22-10-8-21(9-11-22)14(3)23/h4-7,12-13H,8-11H2,1-3H3. The number of para-hydroxylation sites is 1. The smallest absolute Gasteiger partial charge is 0.286 e. The highest BCUT2D eigenvalue weighted by Crippen LogP contribution is 2.32. The van der Waals surface area contributed by atoms with Crippen LogP contribution in [0.4, 0.5) is 0 Å². The topological polar surface area (TPSA) is 62.2 Å². The summed E-state index contributed by atoms with van der Waals surface area (Å²) in [6.45, 7) is 8.24. The van der Waals surface area contributed by atoms with E-state index < -0.39 is 0 Å². The Hall–Kier alpha value is -2.28. The van der Waals surface area contributed by atoms with Gasteiger partial charge in [0.05, 0.1) is 11.0 Å². The monoisotopic (exact) mass is 373 g/mol. The lowest BCUT2D eigenvalue weighted by Crippen LogP contribution is -2.49. The van der Waals surface area contributed by atoms with E-state index >= 15 is 0 Å². The van der Waals surface area contributed by atoms with Crippen LogP contribution in [0.2, 0.25) is 0 Å². The number of carbonyl (C=O) groups is 2. The van der Waals surface area contributed by atoms with Gasteiger partial charge in [0.1, 0.15) is 5.75 Å². The zero-order chi connectivity index (χ0) is 18.7. The summed E-state index contributed by atoms with van der Waals surface area (Å²) in [7, 11) is 0. The van der Waals surface area contributed by atoms with Crippen molar-refractivity contribution in [1.82, 2.24) is 9.80 Å². The van der Waals surface area contributed by atoms with Gasteiger partial charge in [0.15, 0.2) is 5.17 Å². The lowest BCUT2D eigenvalue weighted by atomic mass is 10.2. The number of thioether (sulfide) groups is 1. The molecule has 2 heterocycles. The maximum absolute atomic E-state index is 12.3. The Labute approximate surface area is 157 Å². The largest absolute Gasteiger partial charge is 0.490 e. The van der Waals surface area contributed by atoms with Crippen molar-refractivity contribution < 1.29 is 14.3 Å². The molecule has 138 valence electrons. The highest BCUT2D eigenvalue weighted by Gasteiger charge is 2.29. The van der Waals surface area contributed by atoms with Gasteiger partial charge in [0.2, 0.25) is 5.91 Å². The Morgan fingerprint density at radius 2 is 1.92 bits per heavy atom.